The first-order chi connectivity index (χ1) is 10.7. The molecule has 0 saturated heterocycles. The maximum absolute atomic E-state index is 11.7. The van der Waals surface area contributed by atoms with E-state index in [1.54, 1.807) is 41.3 Å². The highest BCUT2D eigenvalue weighted by atomic mass is 16.5. The summed E-state index contributed by atoms with van der Waals surface area (Å²) in [6, 6.07) is 10.5. The lowest BCUT2D eigenvalue weighted by atomic mass is 10.2. The van der Waals surface area contributed by atoms with Crippen LogP contribution in [0.3, 0.4) is 0 Å². The van der Waals surface area contributed by atoms with Crippen LogP contribution in [0.4, 0.5) is 0 Å². The summed E-state index contributed by atoms with van der Waals surface area (Å²) >= 11 is 0. The normalized spacial score (nSPS) is 10.6. The number of hydrogen-bond acceptors (Lipinski definition) is 6. The van der Waals surface area contributed by atoms with Gasteiger partial charge < -0.3 is 14.9 Å². The average Bonchev–Trinajstić information content (AvgIpc) is 3.22. The molecule has 0 fully saturated rings. The second-order valence-corrected chi connectivity index (χ2v) is 4.52. The highest BCUT2D eigenvalue weighted by Crippen LogP contribution is 2.25. The Bertz CT molecular complexity index is 793. The lowest BCUT2D eigenvalue weighted by molar-refractivity contribution is 0.0600. The van der Waals surface area contributed by atoms with E-state index in [0.29, 0.717) is 28.4 Å². The van der Waals surface area contributed by atoms with E-state index >= 15 is 0 Å². The molecule has 3 aromatic rings. The van der Waals surface area contributed by atoms with Crippen LogP contribution in [0.2, 0.25) is 0 Å². The topological polar surface area (TPSA) is 96.2 Å². The number of aromatic nitrogens is 3. The third kappa shape index (κ3) is 2.38. The molecule has 0 amide bonds. The van der Waals surface area contributed by atoms with Gasteiger partial charge in [0.05, 0.1) is 24.6 Å². The molecule has 0 aliphatic carbocycles. The number of methoxy groups -OCH3 is 1. The summed E-state index contributed by atoms with van der Waals surface area (Å²) in [4.78, 5) is 11.7. The minimum absolute atomic E-state index is 0.229. The summed E-state index contributed by atoms with van der Waals surface area (Å²) < 4.78 is 11.8. The number of hydrogen-bond donors (Lipinski definition) is 1. The molecule has 2 N–H and O–H groups in total. The van der Waals surface area contributed by atoms with Gasteiger partial charge in [0.25, 0.3) is 0 Å². The minimum Gasteiger partial charge on any atom is -0.465 e. The fourth-order valence-corrected chi connectivity index (χ4v) is 2.17. The summed E-state index contributed by atoms with van der Waals surface area (Å²) in [6.45, 7) is 0.229. The quantitative estimate of drug-likeness (QED) is 0.737. The van der Waals surface area contributed by atoms with Crippen LogP contribution in [-0.4, -0.2) is 28.1 Å². The molecule has 0 aliphatic rings. The van der Waals surface area contributed by atoms with E-state index in [2.05, 4.69) is 10.3 Å². The van der Waals surface area contributed by atoms with Crippen LogP contribution in [0.15, 0.2) is 47.1 Å². The number of ether oxygens (including phenoxy) is 1. The molecule has 3 rings (SSSR count). The van der Waals surface area contributed by atoms with Crippen molar-refractivity contribution in [2.24, 2.45) is 5.73 Å². The fourth-order valence-electron chi connectivity index (χ4n) is 2.17. The Morgan fingerprint density at radius 3 is 2.91 bits per heavy atom. The van der Waals surface area contributed by atoms with E-state index in [1.807, 2.05) is 6.07 Å². The molecule has 7 heteroatoms. The van der Waals surface area contributed by atoms with E-state index in [4.69, 9.17) is 14.9 Å². The zero-order valence-electron chi connectivity index (χ0n) is 11.9. The third-order valence-electron chi connectivity index (χ3n) is 3.20. The molecule has 0 bridgehead atoms. The maximum Gasteiger partial charge on any atom is 0.337 e. The van der Waals surface area contributed by atoms with Crippen molar-refractivity contribution in [1.29, 1.82) is 0 Å². The van der Waals surface area contributed by atoms with E-state index in [1.165, 1.54) is 7.11 Å². The maximum atomic E-state index is 11.7. The molecule has 0 saturated carbocycles. The molecule has 2 heterocycles. The van der Waals surface area contributed by atoms with Gasteiger partial charge in [-0.15, -0.1) is 5.10 Å². The Kier molecular flexibility index (Phi) is 3.71. The number of nitrogens with zero attached hydrogens (tertiary/aromatic N) is 3. The van der Waals surface area contributed by atoms with Gasteiger partial charge in [-0.25, -0.2) is 9.48 Å². The van der Waals surface area contributed by atoms with Crippen molar-refractivity contribution < 1.29 is 13.9 Å². The molecule has 0 spiro atoms. The lowest BCUT2D eigenvalue weighted by Gasteiger charge is -2.07. The number of carbonyl (C=O) groups is 1. The number of furan rings is 1. The van der Waals surface area contributed by atoms with Crippen molar-refractivity contribution in [2.75, 3.05) is 7.11 Å². The molecule has 7 nitrogen and oxygen atoms in total. The van der Waals surface area contributed by atoms with Crippen molar-refractivity contribution in [3.8, 4) is 17.1 Å². The Morgan fingerprint density at radius 1 is 1.36 bits per heavy atom. The second-order valence-electron chi connectivity index (χ2n) is 4.52. The third-order valence-corrected chi connectivity index (χ3v) is 3.20. The van der Waals surface area contributed by atoms with Gasteiger partial charge in [0.1, 0.15) is 11.4 Å². The molecule has 1 aromatic carbocycles. The number of nitrogens with two attached hydrogens (primary N) is 1. The van der Waals surface area contributed by atoms with Gasteiger partial charge in [0, 0.05) is 6.54 Å². The smallest absolute Gasteiger partial charge is 0.337 e. The van der Waals surface area contributed by atoms with Gasteiger partial charge in [-0.1, -0.05) is 11.3 Å². The molecule has 0 radical (unpaired) electrons. The standard InChI is InChI=1S/C15H14N4O3/c1-21-15(20)10-4-2-5-11(8-10)19-14(12(9-16)17-18-19)13-6-3-7-22-13/h2-8H,9,16H2,1H3. The van der Waals surface area contributed by atoms with Crippen LogP contribution in [0, 0.1) is 0 Å². The van der Waals surface area contributed by atoms with Gasteiger partial charge in [0.15, 0.2) is 5.76 Å². The first-order valence-corrected chi connectivity index (χ1v) is 6.62. The van der Waals surface area contributed by atoms with E-state index in [9.17, 15) is 4.79 Å². The monoisotopic (exact) mass is 298 g/mol. The Labute approximate surface area is 126 Å². The first-order valence-electron chi connectivity index (χ1n) is 6.62. The SMILES string of the molecule is COC(=O)c1cccc(-n2nnc(CN)c2-c2ccco2)c1. The summed E-state index contributed by atoms with van der Waals surface area (Å²) in [5.41, 5.74) is 8.08. The van der Waals surface area contributed by atoms with Crippen LogP contribution in [-0.2, 0) is 11.3 Å². The molecule has 112 valence electrons. The van der Waals surface area contributed by atoms with E-state index in [0.717, 1.165) is 0 Å². The van der Waals surface area contributed by atoms with Crippen molar-refractivity contribution in [3.05, 3.63) is 53.9 Å². The molecule has 0 aliphatic heterocycles. The molecule has 2 aromatic heterocycles. The zero-order chi connectivity index (χ0) is 15.5. The van der Waals surface area contributed by atoms with Crippen molar-refractivity contribution in [1.82, 2.24) is 15.0 Å². The van der Waals surface area contributed by atoms with Gasteiger partial charge in [-0.3, -0.25) is 0 Å². The molecular weight excluding hydrogens is 284 g/mol. The Balaban J connectivity index is 2.13. The summed E-state index contributed by atoms with van der Waals surface area (Å²) in [6.07, 6.45) is 1.57. The zero-order valence-corrected chi connectivity index (χ0v) is 11.9. The highest BCUT2D eigenvalue weighted by molar-refractivity contribution is 5.90. The predicted octanol–water partition coefficient (Wildman–Crippen LogP) is 1.77. The lowest BCUT2D eigenvalue weighted by Crippen LogP contribution is -2.05. The van der Waals surface area contributed by atoms with E-state index in [-0.39, 0.29) is 6.54 Å². The molecular formula is C15H14N4O3. The summed E-state index contributed by atoms with van der Waals surface area (Å²) in [5, 5.41) is 8.19. The predicted molar refractivity (Wildman–Crippen MR) is 78.3 cm³/mol. The second kappa shape index (κ2) is 5.82. The van der Waals surface area contributed by atoms with Gasteiger partial charge in [-0.2, -0.15) is 0 Å². The fraction of sp³-hybridized carbons (Fsp3) is 0.133. The number of benzene rings is 1. The van der Waals surface area contributed by atoms with Crippen LogP contribution in [0.5, 0.6) is 0 Å². The Morgan fingerprint density at radius 2 is 2.23 bits per heavy atom. The van der Waals surface area contributed by atoms with Gasteiger partial charge >= 0.3 is 5.97 Å². The molecule has 0 atom stereocenters. The number of carbonyl (C=O) groups excluding carboxylic acids is 1. The highest BCUT2D eigenvalue weighted by Gasteiger charge is 2.18. The Hall–Kier alpha value is -2.93. The number of esters is 1. The summed E-state index contributed by atoms with van der Waals surface area (Å²) in [5.74, 6) is 0.189. The average molecular weight is 298 g/mol. The minimum atomic E-state index is -0.416. The number of rotatable bonds is 4. The van der Waals surface area contributed by atoms with Crippen LogP contribution in [0.25, 0.3) is 17.1 Å². The first kappa shape index (κ1) is 14.0. The largest absolute Gasteiger partial charge is 0.465 e. The van der Waals surface area contributed by atoms with E-state index < -0.39 is 5.97 Å². The van der Waals surface area contributed by atoms with Crippen LogP contribution < -0.4 is 5.73 Å². The van der Waals surface area contributed by atoms with Crippen molar-refractivity contribution in [2.45, 2.75) is 6.54 Å². The summed E-state index contributed by atoms with van der Waals surface area (Å²) in [7, 11) is 1.34. The van der Waals surface area contributed by atoms with Crippen LogP contribution in [0.1, 0.15) is 16.1 Å². The molecule has 22 heavy (non-hydrogen) atoms. The van der Waals surface area contributed by atoms with Crippen molar-refractivity contribution in [3.63, 3.8) is 0 Å². The van der Waals surface area contributed by atoms with Crippen LogP contribution >= 0.6 is 0 Å². The van der Waals surface area contributed by atoms with Gasteiger partial charge in [-0.05, 0) is 30.3 Å². The molecule has 0 unspecified atom stereocenters. The van der Waals surface area contributed by atoms with Crippen molar-refractivity contribution >= 4 is 5.97 Å². The van der Waals surface area contributed by atoms with Gasteiger partial charge in [0.2, 0.25) is 0 Å².